The van der Waals surface area contributed by atoms with Crippen LogP contribution in [-0.2, 0) is 23.9 Å². The van der Waals surface area contributed by atoms with Gasteiger partial charge in [0, 0.05) is 23.1 Å². The molecule has 10 heteroatoms. The average molecular weight is 485 g/mol. The highest BCUT2D eigenvalue weighted by Gasteiger charge is 2.54. The minimum Gasteiger partial charge on any atom is -0.477 e. The molecule has 2 aliphatic rings. The van der Waals surface area contributed by atoms with Gasteiger partial charge >= 0.3 is 11.9 Å². The van der Waals surface area contributed by atoms with E-state index in [1.54, 1.807) is 6.08 Å². The number of β-lactam (4-membered cyclic amide) rings is 1. The molecule has 2 aliphatic heterocycles. The molecule has 2 aromatic rings. The third kappa shape index (κ3) is 4.71. The van der Waals surface area contributed by atoms with E-state index in [0.29, 0.717) is 11.1 Å². The smallest absolute Gasteiger partial charge is 0.352 e. The number of carboxylic acid groups (broad SMARTS) is 1. The van der Waals surface area contributed by atoms with Crippen molar-refractivity contribution in [2.24, 2.45) is 0 Å². The maximum Gasteiger partial charge on any atom is 0.352 e. The molecule has 3 heterocycles. The van der Waals surface area contributed by atoms with Crippen molar-refractivity contribution < 1.29 is 29.0 Å². The average Bonchev–Trinajstić information content (AvgIpc) is 3.33. The molecule has 0 unspecified atom stereocenters. The van der Waals surface area contributed by atoms with Crippen molar-refractivity contribution in [2.75, 3.05) is 12.4 Å². The number of nitrogens with one attached hydrogen (secondary N) is 1. The standard InChI is InChI=1S/C23H20N2O6S2/c1-13(26)31-11-15-12-33-22-18(21(28)25(22)19(15)23(29)30)24-20(27)16(17-8-5-9-32-17)10-14-6-3-2-4-7-14/h2-10,18,22H,11-12H2,1H3,(H,24,27)(H,29,30)/t18-,22-/m1/s1. The summed E-state index contributed by atoms with van der Waals surface area (Å²) < 4.78 is 4.94. The number of carboxylic acids is 1. The summed E-state index contributed by atoms with van der Waals surface area (Å²) >= 11 is 2.73. The third-order valence-corrected chi connectivity index (χ3v) is 7.37. The van der Waals surface area contributed by atoms with Gasteiger partial charge in [0.2, 0.25) is 0 Å². The molecule has 170 valence electrons. The Hall–Kier alpha value is -3.37. The summed E-state index contributed by atoms with van der Waals surface area (Å²) in [4.78, 5) is 50.9. The first-order valence-electron chi connectivity index (χ1n) is 10.0. The number of carbonyl (C=O) groups is 4. The summed E-state index contributed by atoms with van der Waals surface area (Å²) in [6.07, 6.45) is 1.76. The second-order valence-electron chi connectivity index (χ2n) is 7.34. The van der Waals surface area contributed by atoms with Gasteiger partial charge in [-0.25, -0.2) is 4.79 Å². The summed E-state index contributed by atoms with van der Waals surface area (Å²) in [6, 6.07) is 12.2. The molecule has 4 rings (SSSR count). The van der Waals surface area contributed by atoms with Gasteiger partial charge in [-0.2, -0.15) is 0 Å². The largest absolute Gasteiger partial charge is 0.477 e. The number of hydrogen-bond acceptors (Lipinski definition) is 7. The van der Waals surface area contributed by atoms with Crippen molar-refractivity contribution in [3.63, 3.8) is 0 Å². The lowest BCUT2D eigenvalue weighted by Crippen LogP contribution is -2.70. The second-order valence-corrected chi connectivity index (χ2v) is 9.40. The summed E-state index contributed by atoms with van der Waals surface area (Å²) in [5, 5.41) is 13.8. The lowest BCUT2D eigenvalue weighted by molar-refractivity contribution is -0.150. The normalized spacial score (nSPS) is 20.1. The van der Waals surface area contributed by atoms with Crippen LogP contribution in [0.4, 0.5) is 0 Å². The monoisotopic (exact) mass is 484 g/mol. The predicted molar refractivity (Wildman–Crippen MR) is 125 cm³/mol. The van der Waals surface area contributed by atoms with E-state index < -0.39 is 35.2 Å². The number of thiophene rings is 1. The number of thioether (sulfide) groups is 1. The number of rotatable bonds is 7. The minimum absolute atomic E-state index is 0.186. The van der Waals surface area contributed by atoms with Crippen LogP contribution in [0.2, 0.25) is 0 Å². The zero-order valence-electron chi connectivity index (χ0n) is 17.5. The first-order chi connectivity index (χ1) is 15.9. The molecule has 0 radical (unpaired) electrons. The molecule has 1 saturated heterocycles. The summed E-state index contributed by atoms with van der Waals surface area (Å²) in [6.45, 7) is 1.04. The molecule has 1 aromatic heterocycles. The van der Waals surface area contributed by atoms with Crippen LogP contribution in [0.1, 0.15) is 17.4 Å². The number of esters is 1. The van der Waals surface area contributed by atoms with Crippen molar-refractivity contribution in [3.05, 3.63) is 69.6 Å². The van der Waals surface area contributed by atoms with Crippen molar-refractivity contribution in [2.45, 2.75) is 18.3 Å². The van der Waals surface area contributed by atoms with Crippen LogP contribution >= 0.6 is 23.1 Å². The summed E-state index contributed by atoms with van der Waals surface area (Å²) in [5.41, 5.74) is 1.43. The Bertz CT molecular complexity index is 1160. The molecule has 2 atom stereocenters. The van der Waals surface area contributed by atoms with E-state index in [4.69, 9.17) is 4.74 Å². The molecule has 0 saturated carbocycles. The van der Waals surface area contributed by atoms with Crippen LogP contribution < -0.4 is 5.32 Å². The Balaban J connectivity index is 1.55. The fourth-order valence-corrected chi connectivity index (χ4v) is 5.67. The molecule has 0 bridgehead atoms. The van der Waals surface area contributed by atoms with Gasteiger partial charge in [0.05, 0.1) is 5.57 Å². The summed E-state index contributed by atoms with van der Waals surface area (Å²) in [5.74, 6) is -2.46. The van der Waals surface area contributed by atoms with Crippen LogP contribution in [0.15, 0.2) is 59.1 Å². The molecule has 1 fully saturated rings. The molecule has 2 N–H and O–H groups in total. The zero-order chi connectivity index (χ0) is 23.5. The van der Waals surface area contributed by atoms with Gasteiger partial charge in [-0.3, -0.25) is 19.3 Å². The van der Waals surface area contributed by atoms with Gasteiger partial charge in [-0.05, 0) is 23.1 Å². The van der Waals surface area contributed by atoms with E-state index in [2.05, 4.69) is 5.32 Å². The quantitative estimate of drug-likeness (QED) is 0.353. The van der Waals surface area contributed by atoms with Crippen molar-refractivity contribution in [1.29, 1.82) is 0 Å². The molecule has 0 spiro atoms. The Morgan fingerprint density at radius 2 is 1.97 bits per heavy atom. The maximum absolute atomic E-state index is 13.2. The molecular weight excluding hydrogens is 464 g/mol. The van der Waals surface area contributed by atoms with E-state index in [0.717, 1.165) is 15.3 Å². The predicted octanol–water partition coefficient (Wildman–Crippen LogP) is 2.59. The highest BCUT2D eigenvalue weighted by atomic mass is 32.2. The van der Waals surface area contributed by atoms with E-state index in [9.17, 15) is 24.3 Å². The number of hydrogen-bond donors (Lipinski definition) is 2. The van der Waals surface area contributed by atoms with E-state index in [-0.39, 0.29) is 18.1 Å². The number of amides is 2. The van der Waals surface area contributed by atoms with Crippen LogP contribution in [0, 0.1) is 0 Å². The van der Waals surface area contributed by atoms with Gasteiger partial charge in [0.15, 0.2) is 0 Å². The number of aliphatic carboxylic acids is 1. The van der Waals surface area contributed by atoms with Crippen LogP contribution in [0.3, 0.4) is 0 Å². The van der Waals surface area contributed by atoms with E-state index in [1.165, 1.54) is 30.0 Å². The number of benzene rings is 1. The van der Waals surface area contributed by atoms with Gasteiger partial charge < -0.3 is 15.2 Å². The lowest BCUT2D eigenvalue weighted by atomic mass is 10.0. The van der Waals surface area contributed by atoms with Crippen LogP contribution in [0.25, 0.3) is 11.6 Å². The zero-order valence-corrected chi connectivity index (χ0v) is 19.2. The van der Waals surface area contributed by atoms with Crippen molar-refractivity contribution >= 4 is 58.5 Å². The Labute approximate surface area is 197 Å². The number of fused-ring (bicyclic) bond motifs is 1. The van der Waals surface area contributed by atoms with Crippen LogP contribution in [0.5, 0.6) is 0 Å². The van der Waals surface area contributed by atoms with Gasteiger partial charge in [-0.15, -0.1) is 23.1 Å². The van der Waals surface area contributed by atoms with Crippen LogP contribution in [-0.4, -0.2) is 57.5 Å². The number of carbonyl (C=O) groups excluding carboxylic acids is 3. The highest BCUT2D eigenvalue weighted by molar-refractivity contribution is 8.00. The Kier molecular flexibility index (Phi) is 6.66. The molecule has 8 nitrogen and oxygen atoms in total. The molecule has 0 aliphatic carbocycles. The van der Waals surface area contributed by atoms with Gasteiger partial charge in [-0.1, -0.05) is 36.4 Å². The van der Waals surface area contributed by atoms with E-state index >= 15 is 0 Å². The topological polar surface area (TPSA) is 113 Å². The van der Waals surface area contributed by atoms with Crippen molar-refractivity contribution in [1.82, 2.24) is 10.2 Å². The highest BCUT2D eigenvalue weighted by Crippen LogP contribution is 2.40. The van der Waals surface area contributed by atoms with Gasteiger partial charge in [0.1, 0.15) is 23.7 Å². The van der Waals surface area contributed by atoms with Crippen molar-refractivity contribution in [3.8, 4) is 0 Å². The molecule has 1 aromatic carbocycles. The molecule has 2 amide bonds. The third-order valence-electron chi connectivity index (χ3n) is 5.13. The Morgan fingerprint density at radius 1 is 1.21 bits per heavy atom. The number of nitrogens with zero attached hydrogens (tertiary/aromatic N) is 1. The first-order valence-corrected chi connectivity index (χ1v) is 11.9. The fraction of sp³-hybridized carbons (Fsp3) is 0.217. The minimum atomic E-state index is -1.27. The number of ether oxygens (including phenoxy) is 1. The van der Waals surface area contributed by atoms with E-state index in [1.807, 2.05) is 47.8 Å². The lowest BCUT2D eigenvalue weighted by Gasteiger charge is -2.49. The molecule has 33 heavy (non-hydrogen) atoms. The molecular formula is C23H20N2O6S2. The summed E-state index contributed by atoms with van der Waals surface area (Å²) in [7, 11) is 0. The maximum atomic E-state index is 13.2. The Morgan fingerprint density at radius 3 is 2.61 bits per heavy atom. The fourth-order valence-electron chi connectivity index (χ4n) is 3.60. The first kappa shape index (κ1) is 22.8. The SMILES string of the molecule is CC(=O)OCC1=C(C(=O)O)N2C(=O)[C@@H](NC(=O)C(=Cc3ccccc3)c3cccs3)[C@H]2SC1. The second kappa shape index (κ2) is 9.63. The van der Waals surface area contributed by atoms with Gasteiger partial charge in [0.25, 0.3) is 11.8 Å².